The molecule has 0 radical (unpaired) electrons. The van der Waals surface area contributed by atoms with Crippen LogP contribution in [-0.2, 0) is 22.5 Å². The largest absolute Gasteiger partial charge is 0.379 e. The standard InChI is InChI=1S/C22H28N4O2/c1-15-11-21(24-14-23-15)25-19-8-7-17(12-20(19)28-2)22(27)26-10-9-16-5-3-4-6-18(16)13-26/h3-6,11,14,17,19-20H,7-10,12-13H2,1-2H3,(H,23,24,25)/t17-,19+,20+/m0/s1. The van der Waals surface area contributed by atoms with Gasteiger partial charge in [-0.2, -0.15) is 0 Å². The molecule has 1 N–H and O–H groups in total. The summed E-state index contributed by atoms with van der Waals surface area (Å²) >= 11 is 0. The summed E-state index contributed by atoms with van der Waals surface area (Å²) in [6.45, 7) is 3.49. The molecule has 6 heteroatoms. The highest BCUT2D eigenvalue weighted by Gasteiger charge is 2.36. The van der Waals surface area contributed by atoms with Crippen molar-refractivity contribution in [2.45, 2.75) is 51.3 Å². The molecule has 0 bridgehead atoms. The van der Waals surface area contributed by atoms with Gasteiger partial charge in [0.1, 0.15) is 12.1 Å². The maximum Gasteiger partial charge on any atom is 0.226 e. The van der Waals surface area contributed by atoms with Crippen LogP contribution in [0.15, 0.2) is 36.7 Å². The van der Waals surface area contributed by atoms with Gasteiger partial charge in [-0.15, -0.1) is 0 Å². The van der Waals surface area contributed by atoms with Crippen molar-refractivity contribution < 1.29 is 9.53 Å². The van der Waals surface area contributed by atoms with Crippen molar-refractivity contribution in [1.29, 1.82) is 0 Å². The molecule has 1 saturated carbocycles. The van der Waals surface area contributed by atoms with Crippen LogP contribution in [0.4, 0.5) is 5.82 Å². The molecule has 0 unspecified atom stereocenters. The summed E-state index contributed by atoms with van der Waals surface area (Å²) in [6.07, 6.45) is 5.02. The summed E-state index contributed by atoms with van der Waals surface area (Å²) in [5.41, 5.74) is 3.58. The van der Waals surface area contributed by atoms with E-state index in [1.54, 1.807) is 13.4 Å². The maximum absolute atomic E-state index is 13.2. The lowest BCUT2D eigenvalue weighted by Gasteiger charge is -2.38. The lowest BCUT2D eigenvalue weighted by Crippen LogP contribution is -2.47. The van der Waals surface area contributed by atoms with E-state index in [0.29, 0.717) is 0 Å². The Labute approximate surface area is 166 Å². The van der Waals surface area contributed by atoms with Gasteiger partial charge in [0.15, 0.2) is 0 Å². The molecule has 1 aromatic carbocycles. The summed E-state index contributed by atoms with van der Waals surface area (Å²) < 4.78 is 5.75. The predicted octanol–water partition coefficient (Wildman–Crippen LogP) is 2.97. The van der Waals surface area contributed by atoms with E-state index in [-0.39, 0.29) is 24.0 Å². The molecule has 4 rings (SSSR count). The fraction of sp³-hybridized carbons (Fsp3) is 0.500. The summed E-state index contributed by atoms with van der Waals surface area (Å²) in [7, 11) is 1.73. The molecule has 1 aliphatic carbocycles. The number of fused-ring (bicyclic) bond motifs is 1. The van der Waals surface area contributed by atoms with E-state index < -0.39 is 0 Å². The normalized spacial score (nSPS) is 24.5. The number of nitrogens with one attached hydrogen (secondary N) is 1. The zero-order valence-corrected chi connectivity index (χ0v) is 16.6. The molecule has 1 amide bonds. The number of amides is 1. The Morgan fingerprint density at radius 2 is 2.04 bits per heavy atom. The average Bonchev–Trinajstić information content (AvgIpc) is 2.73. The highest BCUT2D eigenvalue weighted by Crippen LogP contribution is 2.31. The molecule has 2 aliphatic rings. The summed E-state index contributed by atoms with van der Waals surface area (Å²) in [4.78, 5) is 23.6. The van der Waals surface area contributed by atoms with Crippen LogP contribution in [0.3, 0.4) is 0 Å². The lowest BCUT2D eigenvalue weighted by atomic mass is 9.82. The van der Waals surface area contributed by atoms with Crippen molar-refractivity contribution in [2.24, 2.45) is 5.92 Å². The van der Waals surface area contributed by atoms with Crippen molar-refractivity contribution >= 4 is 11.7 Å². The highest BCUT2D eigenvalue weighted by atomic mass is 16.5. The van der Waals surface area contributed by atoms with E-state index in [2.05, 4.69) is 39.6 Å². The number of hydrogen-bond acceptors (Lipinski definition) is 5. The second kappa shape index (κ2) is 8.27. The van der Waals surface area contributed by atoms with Crippen molar-refractivity contribution in [3.05, 3.63) is 53.5 Å². The van der Waals surface area contributed by atoms with Crippen molar-refractivity contribution in [1.82, 2.24) is 14.9 Å². The third-order valence-electron chi connectivity index (χ3n) is 6.02. The summed E-state index contributed by atoms with van der Waals surface area (Å²) in [5.74, 6) is 1.12. The molecule has 0 spiro atoms. The molecule has 1 aliphatic heterocycles. The molecule has 2 aromatic rings. The Bertz CT molecular complexity index is 841. The Morgan fingerprint density at radius 3 is 2.82 bits per heavy atom. The minimum atomic E-state index is -0.00458. The minimum Gasteiger partial charge on any atom is -0.379 e. The van der Waals surface area contributed by atoms with E-state index in [9.17, 15) is 4.79 Å². The molecular weight excluding hydrogens is 352 g/mol. The van der Waals surface area contributed by atoms with E-state index >= 15 is 0 Å². The van der Waals surface area contributed by atoms with Crippen LogP contribution in [0.25, 0.3) is 0 Å². The predicted molar refractivity (Wildman–Crippen MR) is 108 cm³/mol. The Kier molecular flexibility index (Phi) is 5.57. The Hall–Kier alpha value is -2.47. The first-order valence-electron chi connectivity index (χ1n) is 10.1. The van der Waals surface area contributed by atoms with Crippen molar-refractivity contribution in [2.75, 3.05) is 19.0 Å². The second-order valence-corrected chi connectivity index (χ2v) is 7.86. The van der Waals surface area contributed by atoms with Gasteiger partial charge in [0, 0.05) is 37.9 Å². The molecule has 148 valence electrons. The number of aromatic nitrogens is 2. The quantitative estimate of drug-likeness (QED) is 0.883. The fourth-order valence-electron chi connectivity index (χ4n) is 4.44. The number of benzene rings is 1. The second-order valence-electron chi connectivity index (χ2n) is 7.86. The smallest absolute Gasteiger partial charge is 0.226 e. The topological polar surface area (TPSA) is 67.3 Å². The number of hydrogen-bond donors (Lipinski definition) is 1. The van der Waals surface area contributed by atoms with Gasteiger partial charge in [-0.1, -0.05) is 24.3 Å². The Balaban J connectivity index is 1.39. The van der Waals surface area contributed by atoms with E-state index in [0.717, 1.165) is 50.3 Å². The highest BCUT2D eigenvalue weighted by molar-refractivity contribution is 5.79. The number of carbonyl (C=O) groups excluding carboxylic acids is 1. The molecule has 3 atom stereocenters. The maximum atomic E-state index is 13.2. The molecule has 0 saturated heterocycles. The van der Waals surface area contributed by atoms with Crippen molar-refractivity contribution in [3.63, 3.8) is 0 Å². The van der Waals surface area contributed by atoms with Gasteiger partial charge < -0.3 is 15.0 Å². The van der Waals surface area contributed by atoms with Gasteiger partial charge in [-0.05, 0) is 43.7 Å². The number of nitrogens with zero attached hydrogens (tertiary/aromatic N) is 3. The van der Waals surface area contributed by atoms with Crippen LogP contribution >= 0.6 is 0 Å². The SMILES string of the molecule is CO[C@@H]1C[C@@H](C(=O)N2CCc3ccccc3C2)CC[C@H]1Nc1cc(C)ncn1. The molecule has 28 heavy (non-hydrogen) atoms. The molecule has 1 aromatic heterocycles. The molecular formula is C22H28N4O2. The van der Waals surface area contributed by atoms with E-state index in [1.165, 1.54) is 11.1 Å². The van der Waals surface area contributed by atoms with E-state index in [1.807, 2.05) is 17.9 Å². The van der Waals surface area contributed by atoms with Gasteiger partial charge in [0.2, 0.25) is 5.91 Å². The summed E-state index contributed by atoms with van der Waals surface area (Å²) in [6, 6.07) is 10.5. The Morgan fingerprint density at radius 1 is 1.21 bits per heavy atom. The average molecular weight is 380 g/mol. The fourth-order valence-corrected chi connectivity index (χ4v) is 4.44. The van der Waals surface area contributed by atoms with Crippen LogP contribution in [0.1, 0.15) is 36.1 Å². The van der Waals surface area contributed by atoms with E-state index in [4.69, 9.17) is 4.74 Å². The van der Waals surface area contributed by atoms with Gasteiger partial charge >= 0.3 is 0 Å². The van der Waals surface area contributed by atoms with Crippen LogP contribution < -0.4 is 5.32 Å². The first-order valence-corrected chi connectivity index (χ1v) is 10.1. The number of rotatable bonds is 4. The van der Waals surface area contributed by atoms with Crippen LogP contribution in [0.2, 0.25) is 0 Å². The number of anilines is 1. The first-order chi connectivity index (χ1) is 13.6. The number of ether oxygens (including phenoxy) is 1. The zero-order chi connectivity index (χ0) is 19.5. The van der Waals surface area contributed by atoms with Crippen molar-refractivity contribution in [3.8, 4) is 0 Å². The molecule has 6 nitrogen and oxygen atoms in total. The van der Waals surface area contributed by atoms with Gasteiger partial charge in [-0.25, -0.2) is 9.97 Å². The third kappa shape index (κ3) is 4.02. The molecule has 1 fully saturated rings. The zero-order valence-electron chi connectivity index (χ0n) is 16.6. The number of carbonyl (C=O) groups is 1. The van der Waals surface area contributed by atoms with Crippen LogP contribution in [0, 0.1) is 12.8 Å². The van der Waals surface area contributed by atoms with Crippen LogP contribution in [-0.4, -0.2) is 46.6 Å². The lowest BCUT2D eigenvalue weighted by molar-refractivity contribution is -0.139. The molecule has 2 heterocycles. The van der Waals surface area contributed by atoms with Crippen LogP contribution in [0.5, 0.6) is 0 Å². The monoisotopic (exact) mass is 380 g/mol. The number of aryl methyl sites for hydroxylation is 1. The summed E-state index contributed by atoms with van der Waals surface area (Å²) in [5, 5.41) is 3.47. The first kappa shape index (κ1) is 18.9. The van der Waals surface area contributed by atoms with Gasteiger partial charge in [0.25, 0.3) is 0 Å². The minimum absolute atomic E-state index is 0.00458. The van der Waals surface area contributed by atoms with Gasteiger partial charge in [0.05, 0.1) is 12.1 Å². The third-order valence-corrected chi connectivity index (χ3v) is 6.02. The number of methoxy groups -OCH3 is 1. The van der Waals surface area contributed by atoms with Gasteiger partial charge in [-0.3, -0.25) is 4.79 Å².